The number of amides is 2. The Kier molecular flexibility index (Phi) is 9.17. The summed E-state index contributed by atoms with van der Waals surface area (Å²) in [6, 6.07) is 4.10. The number of nitrogens with two attached hydrogens (primary N) is 1. The van der Waals surface area contributed by atoms with Gasteiger partial charge in [-0.3, -0.25) is 23.8 Å². The minimum absolute atomic E-state index is 0.0800. The lowest BCUT2D eigenvalue weighted by Crippen LogP contribution is -2.71. The number of aromatic nitrogens is 4. The van der Waals surface area contributed by atoms with Crippen LogP contribution in [-0.2, 0) is 35.8 Å². The van der Waals surface area contributed by atoms with Crippen LogP contribution in [0.1, 0.15) is 11.6 Å². The van der Waals surface area contributed by atoms with E-state index >= 15 is 0 Å². The van der Waals surface area contributed by atoms with Gasteiger partial charge >= 0.3 is 11.9 Å². The summed E-state index contributed by atoms with van der Waals surface area (Å²) in [6.45, 7) is -0.496. The Morgan fingerprint density at radius 2 is 1.93 bits per heavy atom. The van der Waals surface area contributed by atoms with E-state index in [1.807, 2.05) is 0 Å². The molecule has 3 atom stereocenters. The average Bonchev–Trinajstić information content (AvgIpc) is 3.38. The monoisotopic (exact) mass is 628 g/mol. The first-order valence-electron chi connectivity index (χ1n) is 11.7. The van der Waals surface area contributed by atoms with Crippen molar-refractivity contribution < 1.29 is 42.4 Å². The molecule has 0 saturated carbocycles. The average molecular weight is 629 g/mol. The first-order chi connectivity index (χ1) is 19.4. The standard InChI is InChI=1S/C21H24N8O9S3/c22-14(10-1-3-12(4-2-10)23-7-13(30)31)17(32)24-15-18(33)29-16(20(34)35)11(8-39-19(15)29)9-40-21-25-26-27-28(21)5-6-41(36,37)38/h1-4,14-15,19,23H,5-9,22H2,(H,24,32)(H,30,31)(H,34,35)(H,36,37,38)/t14?,15?,19-/m1/s1. The van der Waals surface area contributed by atoms with Crippen molar-refractivity contribution in [2.75, 3.05) is 29.1 Å². The number of anilines is 1. The highest BCUT2D eigenvalue weighted by Crippen LogP contribution is 2.41. The van der Waals surface area contributed by atoms with Crippen molar-refractivity contribution in [3.63, 3.8) is 0 Å². The van der Waals surface area contributed by atoms with Gasteiger partial charge in [-0.25, -0.2) is 9.48 Å². The van der Waals surface area contributed by atoms with Crippen molar-refractivity contribution in [3.8, 4) is 0 Å². The van der Waals surface area contributed by atoms with Crippen molar-refractivity contribution in [3.05, 3.63) is 41.1 Å². The SMILES string of the molecule is NC(C(=O)NC1C(=O)N2C(C(=O)O)=C(CSc3nnnn3CCS(=O)(=O)O)CS[C@H]12)c1ccc(NCC(=O)O)cc1. The molecule has 2 unspecified atom stereocenters. The highest BCUT2D eigenvalue weighted by molar-refractivity contribution is 8.01. The predicted octanol–water partition coefficient (Wildman–Crippen LogP) is -1.41. The summed E-state index contributed by atoms with van der Waals surface area (Å²) >= 11 is 2.29. The number of carboxylic acid groups (broad SMARTS) is 2. The minimum atomic E-state index is -4.24. The number of hydrogen-bond donors (Lipinski definition) is 6. The van der Waals surface area contributed by atoms with Crippen molar-refractivity contribution in [1.82, 2.24) is 30.4 Å². The summed E-state index contributed by atoms with van der Waals surface area (Å²) in [6.07, 6.45) is 0. The summed E-state index contributed by atoms with van der Waals surface area (Å²) in [5.74, 6) is -3.94. The molecule has 0 radical (unpaired) electrons. The Morgan fingerprint density at radius 1 is 1.22 bits per heavy atom. The molecule has 17 nitrogen and oxygen atoms in total. The lowest BCUT2D eigenvalue weighted by atomic mass is 10.0. The number of nitrogens with zero attached hydrogens (tertiary/aromatic N) is 5. The second-order valence-electron chi connectivity index (χ2n) is 8.76. The third-order valence-electron chi connectivity index (χ3n) is 5.98. The number of aliphatic carboxylic acids is 2. The molecule has 20 heteroatoms. The molecule has 220 valence electrons. The molecule has 0 bridgehead atoms. The molecule has 1 aromatic carbocycles. The summed E-state index contributed by atoms with van der Waals surface area (Å²) < 4.78 is 32.1. The maximum Gasteiger partial charge on any atom is 0.352 e. The van der Waals surface area contributed by atoms with Gasteiger partial charge in [-0.05, 0) is 33.7 Å². The van der Waals surface area contributed by atoms with E-state index in [0.717, 1.165) is 21.3 Å². The van der Waals surface area contributed by atoms with Gasteiger partial charge in [0, 0.05) is 17.2 Å². The number of carbonyl (C=O) groups excluding carboxylic acids is 2. The third kappa shape index (κ3) is 7.14. The lowest BCUT2D eigenvalue weighted by Gasteiger charge is -2.49. The fourth-order valence-corrected chi connectivity index (χ4v) is 6.76. The molecular weight excluding hydrogens is 604 g/mol. The van der Waals surface area contributed by atoms with E-state index < -0.39 is 57.1 Å². The molecule has 2 aromatic rings. The van der Waals surface area contributed by atoms with Gasteiger partial charge in [-0.2, -0.15) is 8.42 Å². The second-order valence-corrected chi connectivity index (χ2v) is 12.4. The van der Waals surface area contributed by atoms with Gasteiger partial charge in [-0.1, -0.05) is 23.9 Å². The second kappa shape index (κ2) is 12.4. The summed E-state index contributed by atoms with van der Waals surface area (Å²) in [7, 11) is -4.24. The third-order valence-corrected chi connectivity index (χ3v) is 9.06. The molecule has 2 aliphatic heterocycles. The van der Waals surface area contributed by atoms with Crippen LogP contribution in [0.2, 0.25) is 0 Å². The van der Waals surface area contributed by atoms with Crippen LogP contribution < -0.4 is 16.4 Å². The Balaban J connectivity index is 1.39. The van der Waals surface area contributed by atoms with Crippen LogP contribution in [0, 0.1) is 0 Å². The van der Waals surface area contributed by atoms with Gasteiger partial charge in [0.1, 0.15) is 29.7 Å². The molecule has 1 aromatic heterocycles. The predicted molar refractivity (Wildman–Crippen MR) is 144 cm³/mol. The number of β-lactam (4-membered cyclic amide) rings is 1. The molecule has 2 amide bonds. The Labute approximate surface area is 240 Å². The van der Waals surface area contributed by atoms with Crippen molar-refractivity contribution in [2.24, 2.45) is 5.73 Å². The highest BCUT2D eigenvalue weighted by atomic mass is 32.2. The molecule has 1 fully saturated rings. The van der Waals surface area contributed by atoms with Crippen LogP contribution >= 0.6 is 23.5 Å². The van der Waals surface area contributed by atoms with Gasteiger partial charge in [0.2, 0.25) is 11.1 Å². The van der Waals surface area contributed by atoms with E-state index in [9.17, 15) is 32.7 Å². The number of benzene rings is 1. The maximum atomic E-state index is 13.0. The maximum absolute atomic E-state index is 13.0. The number of carboxylic acids is 2. The number of carbonyl (C=O) groups is 4. The number of hydrogen-bond acceptors (Lipinski definition) is 13. The molecule has 1 saturated heterocycles. The normalized spacial score (nSPS) is 19.3. The number of tetrazole rings is 1. The Hall–Kier alpha value is -3.72. The van der Waals surface area contributed by atoms with E-state index in [-0.39, 0.29) is 35.4 Å². The van der Waals surface area contributed by atoms with Gasteiger partial charge < -0.3 is 26.6 Å². The molecule has 0 spiro atoms. The number of nitrogens with one attached hydrogen (secondary N) is 2. The lowest BCUT2D eigenvalue weighted by molar-refractivity contribution is -0.150. The quantitative estimate of drug-likeness (QED) is 0.0845. The zero-order chi connectivity index (χ0) is 29.9. The van der Waals surface area contributed by atoms with Crippen LogP contribution in [0.4, 0.5) is 5.69 Å². The fraction of sp³-hybridized carbons (Fsp3) is 0.381. The number of thioether (sulfide) groups is 2. The minimum Gasteiger partial charge on any atom is -0.480 e. The molecule has 0 aliphatic carbocycles. The van der Waals surface area contributed by atoms with Gasteiger partial charge in [-0.15, -0.1) is 16.9 Å². The molecular formula is C21H24N8O9S3. The summed E-state index contributed by atoms with van der Waals surface area (Å²) in [5.41, 5.74) is 7.19. The molecule has 2 aliphatic rings. The van der Waals surface area contributed by atoms with Gasteiger partial charge in [0.25, 0.3) is 16.0 Å². The number of aryl methyl sites for hydroxylation is 1. The van der Waals surface area contributed by atoms with E-state index in [1.165, 1.54) is 11.8 Å². The molecule has 3 heterocycles. The largest absolute Gasteiger partial charge is 0.480 e. The van der Waals surface area contributed by atoms with E-state index in [1.54, 1.807) is 24.3 Å². The van der Waals surface area contributed by atoms with Crippen molar-refractivity contribution in [1.29, 1.82) is 0 Å². The van der Waals surface area contributed by atoms with Crippen LogP contribution in [-0.4, -0.2) is 107 Å². The van der Waals surface area contributed by atoms with Gasteiger partial charge in [0.15, 0.2) is 0 Å². The fourth-order valence-electron chi connectivity index (χ4n) is 3.97. The van der Waals surface area contributed by atoms with Gasteiger partial charge in [0.05, 0.1) is 12.3 Å². The summed E-state index contributed by atoms with van der Waals surface area (Å²) in [5, 5.41) is 34.3. The van der Waals surface area contributed by atoms with Crippen molar-refractivity contribution >= 4 is 63.1 Å². The summed E-state index contributed by atoms with van der Waals surface area (Å²) in [4.78, 5) is 49.7. The van der Waals surface area contributed by atoms with Crippen LogP contribution in [0.5, 0.6) is 0 Å². The van der Waals surface area contributed by atoms with Crippen LogP contribution in [0.25, 0.3) is 0 Å². The zero-order valence-corrected chi connectivity index (χ0v) is 23.4. The highest BCUT2D eigenvalue weighted by Gasteiger charge is 2.54. The number of fused-ring (bicyclic) bond motifs is 1. The van der Waals surface area contributed by atoms with E-state index in [2.05, 4.69) is 26.2 Å². The first-order valence-corrected chi connectivity index (χ1v) is 15.4. The van der Waals surface area contributed by atoms with E-state index in [4.69, 9.17) is 15.4 Å². The van der Waals surface area contributed by atoms with Crippen LogP contribution in [0.3, 0.4) is 0 Å². The molecule has 4 rings (SSSR count). The van der Waals surface area contributed by atoms with Crippen molar-refractivity contribution in [2.45, 2.75) is 29.2 Å². The van der Waals surface area contributed by atoms with Crippen LogP contribution in [0.15, 0.2) is 40.7 Å². The molecule has 41 heavy (non-hydrogen) atoms. The molecule has 7 N–H and O–H groups in total. The first kappa shape index (κ1) is 30.2. The van der Waals surface area contributed by atoms with E-state index in [0.29, 0.717) is 16.8 Å². The number of rotatable bonds is 13. The smallest absolute Gasteiger partial charge is 0.352 e. The topological polar surface area (TPSA) is 260 Å². The zero-order valence-electron chi connectivity index (χ0n) is 20.9. The Bertz CT molecular complexity index is 1500. The Morgan fingerprint density at radius 3 is 2.56 bits per heavy atom.